The lowest BCUT2D eigenvalue weighted by atomic mass is 9.86. The Morgan fingerprint density at radius 3 is 2.25 bits per heavy atom. The minimum Gasteiger partial charge on any atom is -0.330 e. The van der Waals surface area contributed by atoms with Crippen LogP contribution in [0.25, 0.3) is 0 Å². The Morgan fingerprint density at radius 1 is 1.33 bits per heavy atom. The van der Waals surface area contributed by atoms with Crippen LogP contribution in [0.15, 0.2) is 0 Å². The van der Waals surface area contributed by atoms with Crippen molar-refractivity contribution >= 4 is 12.6 Å². The van der Waals surface area contributed by atoms with Gasteiger partial charge >= 0.3 is 0 Å². The first-order valence-corrected chi connectivity index (χ1v) is 5.39. The summed E-state index contributed by atoms with van der Waals surface area (Å²) < 4.78 is 0.158. The Morgan fingerprint density at radius 2 is 1.92 bits per heavy atom. The number of nitrogens with two attached hydrogens (primary N) is 1. The zero-order chi connectivity index (χ0) is 9.61. The van der Waals surface area contributed by atoms with Gasteiger partial charge in [-0.05, 0) is 31.7 Å². The second kappa shape index (κ2) is 5.87. The van der Waals surface area contributed by atoms with E-state index in [0.29, 0.717) is 0 Å². The van der Waals surface area contributed by atoms with Crippen LogP contribution in [0.2, 0.25) is 0 Å². The predicted molar refractivity (Wildman–Crippen MR) is 59.8 cm³/mol. The first-order valence-electron chi connectivity index (χ1n) is 4.94. The molecule has 0 saturated carbocycles. The van der Waals surface area contributed by atoms with Crippen LogP contribution < -0.4 is 5.73 Å². The summed E-state index contributed by atoms with van der Waals surface area (Å²) in [6.45, 7) is 7.44. The number of hydrogen-bond donors (Lipinski definition) is 2. The largest absolute Gasteiger partial charge is 0.330 e. The third-order valence-electron chi connectivity index (χ3n) is 2.39. The molecule has 0 amide bonds. The molecular weight excluding hydrogens is 166 g/mol. The van der Waals surface area contributed by atoms with E-state index in [4.69, 9.17) is 5.73 Å². The van der Waals surface area contributed by atoms with Crippen molar-refractivity contribution < 1.29 is 0 Å². The van der Waals surface area contributed by atoms with E-state index in [1.807, 2.05) is 0 Å². The summed E-state index contributed by atoms with van der Waals surface area (Å²) in [4.78, 5) is 0. The molecule has 0 rings (SSSR count). The zero-order valence-electron chi connectivity index (χ0n) is 8.64. The number of hydrogen-bond acceptors (Lipinski definition) is 2. The molecule has 0 aliphatic heterocycles. The molecule has 0 aromatic heterocycles. The maximum Gasteiger partial charge on any atom is 0.0101 e. The SMILES string of the molecule is CCCC(CCCN)C(C)(C)S. The van der Waals surface area contributed by atoms with Crippen molar-refractivity contribution in [3.8, 4) is 0 Å². The fraction of sp³-hybridized carbons (Fsp3) is 1.00. The van der Waals surface area contributed by atoms with Crippen molar-refractivity contribution in [3.63, 3.8) is 0 Å². The highest BCUT2D eigenvalue weighted by molar-refractivity contribution is 7.81. The molecule has 0 aromatic rings. The summed E-state index contributed by atoms with van der Waals surface area (Å²) in [6, 6.07) is 0. The summed E-state index contributed by atoms with van der Waals surface area (Å²) >= 11 is 4.62. The average Bonchev–Trinajstić information content (AvgIpc) is 1.95. The second-order valence-electron chi connectivity index (χ2n) is 4.07. The summed E-state index contributed by atoms with van der Waals surface area (Å²) in [5.41, 5.74) is 5.49. The molecule has 1 unspecified atom stereocenters. The normalized spacial score (nSPS) is 14.8. The van der Waals surface area contributed by atoms with Crippen molar-refractivity contribution in [1.29, 1.82) is 0 Å². The highest BCUT2D eigenvalue weighted by atomic mass is 32.1. The summed E-state index contributed by atoms with van der Waals surface area (Å²) in [6.07, 6.45) is 4.88. The first-order chi connectivity index (χ1) is 5.52. The molecule has 2 N–H and O–H groups in total. The standard InChI is InChI=1S/C10H23NS/c1-4-6-9(7-5-8-11)10(2,3)12/h9,12H,4-8,11H2,1-3H3. The van der Waals surface area contributed by atoms with Crippen molar-refractivity contribution in [2.75, 3.05) is 6.54 Å². The second-order valence-corrected chi connectivity index (χ2v) is 5.22. The summed E-state index contributed by atoms with van der Waals surface area (Å²) in [5.74, 6) is 0.717. The van der Waals surface area contributed by atoms with Crippen molar-refractivity contribution in [3.05, 3.63) is 0 Å². The molecule has 2 heteroatoms. The Hall–Kier alpha value is 0.310. The lowest BCUT2D eigenvalue weighted by Crippen LogP contribution is -2.25. The van der Waals surface area contributed by atoms with Gasteiger partial charge in [0.05, 0.1) is 0 Å². The van der Waals surface area contributed by atoms with Crippen LogP contribution in [0.4, 0.5) is 0 Å². The van der Waals surface area contributed by atoms with E-state index < -0.39 is 0 Å². The molecule has 0 aromatic carbocycles. The molecule has 12 heavy (non-hydrogen) atoms. The highest BCUT2D eigenvalue weighted by Crippen LogP contribution is 2.31. The molecular formula is C10H23NS. The van der Waals surface area contributed by atoms with Gasteiger partial charge < -0.3 is 5.73 Å². The summed E-state index contributed by atoms with van der Waals surface area (Å²) in [7, 11) is 0. The van der Waals surface area contributed by atoms with E-state index >= 15 is 0 Å². The molecule has 0 aliphatic carbocycles. The maximum absolute atomic E-state index is 5.49. The highest BCUT2D eigenvalue weighted by Gasteiger charge is 2.23. The molecule has 0 bridgehead atoms. The molecule has 0 fully saturated rings. The van der Waals surface area contributed by atoms with Crippen molar-refractivity contribution in [2.24, 2.45) is 11.7 Å². The minimum absolute atomic E-state index is 0.158. The van der Waals surface area contributed by atoms with Gasteiger partial charge in [0.1, 0.15) is 0 Å². The predicted octanol–water partition coefficient (Wildman–Crippen LogP) is 2.85. The van der Waals surface area contributed by atoms with E-state index in [9.17, 15) is 0 Å². The van der Waals surface area contributed by atoms with Crippen LogP contribution in [-0.2, 0) is 0 Å². The van der Waals surface area contributed by atoms with Gasteiger partial charge in [0, 0.05) is 4.75 Å². The van der Waals surface area contributed by atoms with Crippen molar-refractivity contribution in [2.45, 2.75) is 51.2 Å². The van der Waals surface area contributed by atoms with Crippen LogP contribution in [0.1, 0.15) is 46.5 Å². The Labute approximate surface area is 82.5 Å². The monoisotopic (exact) mass is 189 g/mol. The van der Waals surface area contributed by atoms with Crippen molar-refractivity contribution in [1.82, 2.24) is 0 Å². The lowest BCUT2D eigenvalue weighted by molar-refractivity contribution is 0.361. The maximum atomic E-state index is 5.49. The van der Waals surface area contributed by atoms with Crippen LogP contribution in [-0.4, -0.2) is 11.3 Å². The third-order valence-corrected chi connectivity index (χ3v) is 2.76. The fourth-order valence-corrected chi connectivity index (χ4v) is 1.82. The molecule has 0 spiro atoms. The van der Waals surface area contributed by atoms with Gasteiger partial charge in [0.2, 0.25) is 0 Å². The molecule has 1 nitrogen and oxygen atoms in total. The van der Waals surface area contributed by atoms with Gasteiger partial charge in [-0.1, -0.05) is 27.2 Å². The van der Waals surface area contributed by atoms with Gasteiger partial charge in [-0.15, -0.1) is 0 Å². The molecule has 0 aliphatic rings. The Bertz CT molecular complexity index is 107. The average molecular weight is 189 g/mol. The Balaban J connectivity index is 3.86. The zero-order valence-corrected chi connectivity index (χ0v) is 9.53. The van der Waals surface area contributed by atoms with E-state index in [2.05, 4.69) is 33.4 Å². The molecule has 74 valence electrons. The third kappa shape index (κ3) is 5.04. The molecule has 0 heterocycles. The van der Waals surface area contributed by atoms with E-state index in [0.717, 1.165) is 18.9 Å². The van der Waals surface area contributed by atoms with Gasteiger partial charge in [-0.2, -0.15) is 12.6 Å². The minimum atomic E-state index is 0.158. The van der Waals surface area contributed by atoms with E-state index in [1.54, 1.807) is 0 Å². The topological polar surface area (TPSA) is 26.0 Å². The summed E-state index contributed by atoms with van der Waals surface area (Å²) in [5, 5.41) is 0. The van der Waals surface area contributed by atoms with Gasteiger partial charge in [0.25, 0.3) is 0 Å². The molecule has 1 atom stereocenters. The van der Waals surface area contributed by atoms with Crippen LogP contribution >= 0.6 is 12.6 Å². The Kier molecular flexibility index (Phi) is 6.02. The lowest BCUT2D eigenvalue weighted by Gasteiger charge is -2.29. The number of rotatable bonds is 6. The smallest absolute Gasteiger partial charge is 0.0101 e. The molecule has 0 radical (unpaired) electrons. The van der Waals surface area contributed by atoms with Gasteiger partial charge in [0.15, 0.2) is 0 Å². The van der Waals surface area contributed by atoms with E-state index in [-0.39, 0.29) is 4.75 Å². The van der Waals surface area contributed by atoms with E-state index in [1.165, 1.54) is 19.3 Å². The van der Waals surface area contributed by atoms with Gasteiger partial charge in [-0.25, -0.2) is 0 Å². The van der Waals surface area contributed by atoms with Crippen LogP contribution in [0.5, 0.6) is 0 Å². The fourth-order valence-electron chi connectivity index (χ4n) is 1.56. The number of thiol groups is 1. The first kappa shape index (κ1) is 12.3. The van der Waals surface area contributed by atoms with Gasteiger partial charge in [-0.3, -0.25) is 0 Å². The quantitative estimate of drug-likeness (QED) is 0.617. The van der Waals surface area contributed by atoms with Crippen LogP contribution in [0.3, 0.4) is 0 Å². The van der Waals surface area contributed by atoms with Crippen LogP contribution in [0, 0.1) is 5.92 Å². The molecule has 0 saturated heterocycles.